The molecule has 0 aromatic carbocycles. The summed E-state index contributed by atoms with van der Waals surface area (Å²) < 4.78 is 37.3. The first-order chi connectivity index (χ1) is 8.94. The van der Waals surface area contributed by atoms with Crippen molar-refractivity contribution in [3.05, 3.63) is 18.0 Å². The molecule has 1 aromatic rings. The molecule has 1 aromatic heterocycles. The van der Waals surface area contributed by atoms with Gasteiger partial charge in [-0.3, -0.25) is 4.68 Å². The van der Waals surface area contributed by atoms with Gasteiger partial charge in [-0.2, -0.15) is 18.3 Å². The Morgan fingerprint density at radius 3 is 2.38 bits per heavy atom. The highest BCUT2D eigenvalue weighted by Gasteiger charge is 2.28. The number of alkyl halides is 3. The summed E-state index contributed by atoms with van der Waals surface area (Å²) in [7, 11) is 0. The number of nitrogens with one attached hydrogen (secondary N) is 1. The van der Waals surface area contributed by atoms with Gasteiger partial charge in [0, 0.05) is 31.4 Å². The largest absolute Gasteiger partial charge is 0.408 e. The number of rotatable bonds is 8. The average molecular weight is 351 g/mol. The molecule has 0 radical (unpaired) electrons. The Hall–Kier alpha value is -0.500. The second kappa shape index (κ2) is 11.1. The number of hydrogen-bond acceptors (Lipinski definition) is 3. The number of hydrogen-bond donors (Lipinski definition) is 1. The summed E-state index contributed by atoms with van der Waals surface area (Å²) in [5.41, 5.74) is 0.767. The summed E-state index contributed by atoms with van der Waals surface area (Å²) in [6.07, 6.45) is -1.33. The van der Waals surface area contributed by atoms with Crippen LogP contribution < -0.4 is 5.32 Å². The van der Waals surface area contributed by atoms with Crippen molar-refractivity contribution in [1.29, 1.82) is 0 Å². The Morgan fingerprint density at radius 1 is 1.24 bits per heavy atom. The Morgan fingerprint density at radius 2 is 1.86 bits per heavy atom. The second-order valence-electron chi connectivity index (χ2n) is 4.37. The molecular weight excluding hydrogens is 328 g/mol. The molecule has 0 saturated carbocycles. The molecule has 4 nitrogen and oxygen atoms in total. The van der Waals surface area contributed by atoms with Crippen molar-refractivity contribution < 1.29 is 13.2 Å². The lowest BCUT2D eigenvalue weighted by Gasteiger charge is -2.17. The van der Waals surface area contributed by atoms with Crippen molar-refractivity contribution in [2.45, 2.75) is 33.1 Å². The van der Waals surface area contributed by atoms with Crippen molar-refractivity contribution in [3.63, 3.8) is 0 Å². The molecule has 0 spiro atoms. The van der Waals surface area contributed by atoms with E-state index < -0.39 is 12.7 Å². The van der Waals surface area contributed by atoms with Gasteiger partial charge in [-0.1, -0.05) is 13.8 Å². The van der Waals surface area contributed by atoms with Gasteiger partial charge in [0.05, 0.1) is 6.20 Å². The van der Waals surface area contributed by atoms with Crippen LogP contribution in [0.5, 0.6) is 0 Å². The minimum atomic E-state index is -4.22. The van der Waals surface area contributed by atoms with Gasteiger partial charge in [-0.05, 0) is 13.1 Å². The van der Waals surface area contributed by atoms with E-state index in [9.17, 15) is 13.2 Å². The molecular formula is C12H23Cl2F3N4. The zero-order valence-corrected chi connectivity index (χ0v) is 13.8. The lowest BCUT2D eigenvalue weighted by atomic mass is 10.3. The van der Waals surface area contributed by atoms with E-state index in [-0.39, 0.29) is 24.8 Å². The Labute approximate surface area is 135 Å². The van der Waals surface area contributed by atoms with Gasteiger partial charge in [0.15, 0.2) is 0 Å². The molecule has 0 bridgehead atoms. The summed E-state index contributed by atoms with van der Waals surface area (Å²) in [5.74, 6) is 0. The monoisotopic (exact) mass is 350 g/mol. The Kier molecular flexibility index (Phi) is 12.1. The smallest absolute Gasteiger partial charge is 0.311 e. The van der Waals surface area contributed by atoms with Gasteiger partial charge in [0.1, 0.15) is 6.54 Å². The van der Waals surface area contributed by atoms with Crippen molar-refractivity contribution in [2.75, 3.05) is 26.2 Å². The van der Waals surface area contributed by atoms with Gasteiger partial charge >= 0.3 is 6.18 Å². The van der Waals surface area contributed by atoms with Crippen LogP contribution in [0.2, 0.25) is 0 Å². The summed E-state index contributed by atoms with van der Waals surface area (Å²) in [5, 5.41) is 6.89. The highest BCUT2D eigenvalue weighted by molar-refractivity contribution is 5.85. The predicted octanol–water partition coefficient (Wildman–Crippen LogP) is 2.72. The molecule has 9 heteroatoms. The number of likely N-dealkylation sites (N-methyl/N-ethyl adjacent to an activating group) is 1. The third-order valence-corrected chi connectivity index (χ3v) is 2.86. The maximum atomic E-state index is 12.1. The summed E-state index contributed by atoms with van der Waals surface area (Å²) in [6.45, 7) is 7.46. The summed E-state index contributed by atoms with van der Waals surface area (Å²) >= 11 is 0. The molecule has 0 fully saturated rings. The fourth-order valence-electron chi connectivity index (χ4n) is 1.78. The third-order valence-electron chi connectivity index (χ3n) is 2.86. The first kappa shape index (κ1) is 22.8. The van der Waals surface area contributed by atoms with Crippen LogP contribution in [0.1, 0.15) is 19.4 Å². The van der Waals surface area contributed by atoms with E-state index in [1.54, 1.807) is 0 Å². The summed E-state index contributed by atoms with van der Waals surface area (Å²) in [6, 6.07) is 0. The zero-order chi connectivity index (χ0) is 14.3. The normalized spacial score (nSPS) is 11.1. The molecule has 126 valence electrons. The van der Waals surface area contributed by atoms with Crippen molar-refractivity contribution in [2.24, 2.45) is 0 Å². The van der Waals surface area contributed by atoms with Crippen LogP contribution in [0, 0.1) is 0 Å². The van der Waals surface area contributed by atoms with E-state index in [0.29, 0.717) is 6.54 Å². The van der Waals surface area contributed by atoms with Crippen LogP contribution in [-0.2, 0) is 13.1 Å². The predicted molar refractivity (Wildman–Crippen MR) is 82.3 cm³/mol. The number of nitrogens with zero attached hydrogens (tertiary/aromatic N) is 3. The number of halogens is 5. The van der Waals surface area contributed by atoms with Gasteiger partial charge in [0.2, 0.25) is 0 Å². The van der Waals surface area contributed by atoms with Crippen LogP contribution in [0.3, 0.4) is 0 Å². The van der Waals surface area contributed by atoms with Crippen LogP contribution in [0.25, 0.3) is 0 Å². The maximum absolute atomic E-state index is 12.1. The standard InChI is InChI=1S/C12H21F3N4.2ClH/c1-3-18(4-2)6-5-16-7-11-8-17-19(9-11)10-12(13,14)15;;/h8-9,16H,3-7,10H2,1-2H3;2*1H. The first-order valence-corrected chi connectivity index (χ1v) is 6.45. The molecule has 1 heterocycles. The fraction of sp³-hybridized carbons (Fsp3) is 0.750. The van der Waals surface area contributed by atoms with Crippen LogP contribution in [-0.4, -0.2) is 47.0 Å². The minimum absolute atomic E-state index is 0. The highest BCUT2D eigenvalue weighted by atomic mass is 35.5. The van der Waals surface area contributed by atoms with Crippen molar-refractivity contribution in [1.82, 2.24) is 20.0 Å². The minimum Gasteiger partial charge on any atom is -0.311 e. The van der Waals surface area contributed by atoms with Gasteiger partial charge in [-0.25, -0.2) is 0 Å². The molecule has 0 aliphatic heterocycles. The fourth-order valence-corrected chi connectivity index (χ4v) is 1.78. The molecule has 1 N–H and O–H groups in total. The lowest BCUT2D eigenvalue weighted by molar-refractivity contribution is -0.142. The van der Waals surface area contributed by atoms with Gasteiger partial charge in [-0.15, -0.1) is 24.8 Å². The Bertz CT molecular complexity index is 368. The van der Waals surface area contributed by atoms with E-state index >= 15 is 0 Å². The number of aromatic nitrogens is 2. The van der Waals surface area contributed by atoms with E-state index in [0.717, 1.165) is 36.4 Å². The average Bonchev–Trinajstić information content (AvgIpc) is 2.74. The topological polar surface area (TPSA) is 33.1 Å². The van der Waals surface area contributed by atoms with E-state index in [4.69, 9.17) is 0 Å². The molecule has 0 aliphatic rings. The van der Waals surface area contributed by atoms with Gasteiger partial charge in [0.25, 0.3) is 0 Å². The molecule has 0 unspecified atom stereocenters. The van der Waals surface area contributed by atoms with Crippen LogP contribution in [0.4, 0.5) is 13.2 Å². The Balaban J connectivity index is 0. The van der Waals surface area contributed by atoms with Crippen molar-refractivity contribution >= 4 is 24.8 Å². The molecule has 0 aliphatic carbocycles. The van der Waals surface area contributed by atoms with E-state index in [2.05, 4.69) is 29.2 Å². The third kappa shape index (κ3) is 9.95. The van der Waals surface area contributed by atoms with Crippen molar-refractivity contribution in [3.8, 4) is 0 Å². The van der Waals surface area contributed by atoms with Crippen LogP contribution in [0.15, 0.2) is 12.4 Å². The first-order valence-electron chi connectivity index (χ1n) is 6.45. The molecule has 0 atom stereocenters. The highest BCUT2D eigenvalue weighted by Crippen LogP contribution is 2.16. The van der Waals surface area contributed by atoms with E-state index in [1.807, 2.05) is 0 Å². The maximum Gasteiger partial charge on any atom is 0.408 e. The van der Waals surface area contributed by atoms with Gasteiger partial charge < -0.3 is 10.2 Å². The molecule has 21 heavy (non-hydrogen) atoms. The lowest BCUT2D eigenvalue weighted by Crippen LogP contribution is -2.31. The zero-order valence-electron chi connectivity index (χ0n) is 12.2. The molecule has 0 amide bonds. The summed E-state index contributed by atoms with van der Waals surface area (Å²) in [4.78, 5) is 2.28. The second-order valence-corrected chi connectivity index (χ2v) is 4.37. The molecule has 0 saturated heterocycles. The quantitative estimate of drug-likeness (QED) is 0.731. The van der Waals surface area contributed by atoms with E-state index in [1.165, 1.54) is 12.4 Å². The SMILES string of the molecule is CCN(CC)CCNCc1cnn(CC(F)(F)F)c1.Cl.Cl. The molecule has 1 rings (SSSR count). The van der Waals surface area contributed by atoms with Crippen LogP contribution >= 0.6 is 24.8 Å².